The van der Waals surface area contributed by atoms with Crippen molar-refractivity contribution in [1.82, 2.24) is 5.32 Å². The van der Waals surface area contributed by atoms with E-state index in [9.17, 15) is 4.79 Å². The third kappa shape index (κ3) is 2.22. The van der Waals surface area contributed by atoms with Gasteiger partial charge < -0.3 is 16.4 Å². The quantitative estimate of drug-likeness (QED) is 0.714. The van der Waals surface area contributed by atoms with E-state index >= 15 is 0 Å². The first-order valence-electron chi connectivity index (χ1n) is 4.73. The van der Waals surface area contributed by atoms with E-state index in [1.54, 1.807) is 12.1 Å². The van der Waals surface area contributed by atoms with Gasteiger partial charge in [-0.2, -0.15) is 0 Å². The van der Waals surface area contributed by atoms with Gasteiger partial charge in [0.05, 0.1) is 16.6 Å². The van der Waals surface area contributed by atoms with E-state index in [4.69, 9.17) is 17.3 Å². The van der Waals surface area contributed by atoms with E-state index in [0.29, 0.717) is 16.6 Å². The predicted molar refractivity (Wildman–Crippen MR) is 60.3 cm³/mol. The van der Waals surface area contributed by atoms with Crippen LogP contribution in [-0.2, 0) is 0 Å². The number of hydrogen-bond donors (Lipinski definition) is 3. The number of nitrogens with two attached hydrogens (primary N) is 1. The molecule has 2 rings (SSSR count). The van der Waals surface area contributed by atoms with Crippen LogP contribution in [0.4, 0.5) is 5.69 Å². The highest BCUT2D eigenvalue weighted by Crippen LogP contribution is 2.21. The Kier molecular flexibility index (Phi) is 2.79. The van der Waals surface area contributed by atoms with Gasteiger partial charge in [-0.15, -0.1) is 0 Å². The highest BCUT2D eigenvalue weighted by molar-refractivity contribution is 6.34. The molecule has 1 aromatic carbocycles. The zero-order chi connectivity index (χ0) is 10.8. The number of carbonyl (C=O) groups excluding carboxylic acids is 1. The topological polar surface area (TPSA) is 67.2 Å². The van der Waals surface area contributed by atoms with Crippen LogP contribution in [0.1, 0.15) is 10.4 Å². The van der Waals surface area contributed by atoms with Crippen molar-refractivity contribution in [2.45, 2.75) is 6.04 Å². The summed E-state index contributed by atoms with van der Waals surface area (Å²) in [6, 6.07) is 5.61. The largest absolute Gasteiger partial charge is 0.380 e. The summed E-state index contributed by atoms with van der Waals surface area (Å²) >= 11 is 5.91. The molecule has 1 aliphatic heterocycles. The summed E-state index contributed by atoms with van der Waals surface area (Å²) in [5.74, 6) is -0.503. The molecular weight excluding hydrogens is 214 g/mol. The summed E-state index contributed by atoms with van der Waals surface area (Å²) in [6.45, 7) is 1.91. The number of carbonyl (C=O) groups is 1. The standard InChI is InChI=1S/C10H12ClN3O/c11-9-3-6(14-7-4-13-5-7)1-2-8(9)10(12)15/h1-3,7,13-14H,4-5H2,(H2,12,15). The maximum Gasteiger partial charge on any atom is 0.250 e. The van der Waals surface area contributed by atoms with Crippen LogP contribution in [-0.4, -0.2) is 25.0 Å². The lowest BCUT2D eigenvalue weighted by atomic mass is 10.1. The summed E-state index contributed by atoms with van der Waals surface area (Å²) in [4.78, 5) is 10.9. The number of amides is 1. The van der Waals surface area contributed by atoms with E-state index in [-0.39, 0.29) is 0 Å². The van der Waals surface area contributed by atoms with Crippen molar-refractivity contribution in [3.05, 3.63) is 28.8 Å². The molecule has 1 heterocycles. The van der Waals surface area contributed by atoms with Crippen LogP contribution in [0, 0.1) is 0 Å². The van der Waals surface area contributed by atoms with Gasteiger partial charge in [-0.05, 0) is 18.2 Å². The Hall–Kier alpha value is -1.26. The molecule has 0 atom stereocenters. The van der Waals surface area contributed by atoms with Crippen LogP contribution >= 0.6 is 11.6 Å². The molecular formula is C10H12ClN3O. The second-order valence-corrected chi connectivity index (χ2v) is 3.97. The van der Waals surface area contributed by atoms with Gasteiger partial charge >= 0.3 is 0 Å². The van der Waals surface area contributed by atoms with E-state index in [1.807, 2.05) is 6.07 Å². The minimum absolute atomic E-state index is 0.356. The van der Waals surface area contributed by atoms with Gasteiger partial charge in [-0.3, -0.25) is 4.79 Å². The van der Waals surface area contributed by atoms with Gasteiger partial charge in [0.2, 0.25) is 5.91 Å². The lowest BCUT2D eigenvalue weighted by Crippen LogP contribution is -2.51. The van der Waals surface area contributed by atoms with Gasteiger partial charge in [0.25, 0.3) is 0 Å². The molecule has 0 aromatic heterocycles. The molecule has 0 bridgehead atoms. The summed E-state index contributed by atoms with van der Waals surface area (Å²) in [7, 11) is 0. The molecule has 5 heteroatoms. The Morgan fingerprint density at radius 3 is 2.73 bits per heavy atom. The monoisotopic (exact) mass is 225 g/mol. The average molecular weight is 226 g/mol. The fourth-order valence-corrected chi connectivity index (χ4v) is 1.70. The van der Waals surface area contributed by atoms with Gasteiger partial charge in [0, 0.05) is 18.8 Å². The number of benzene rings is 1. The molecule has 0 unspecified atom stereocenters. The first-order valence-corrected chi connectivity index (χ1v) is 5.11. The lowest BCUT2D eigenvalue weighted by molar-refractivity contribution is 0.100. The molecule has 4 nitrogen and oxygen atoms in total. The van der Waals surface area contributed by atoms with Crippen LogP contribution in [0.3, 0.4) is 0 Å². The maximum atomic E-state index is 10.9. The summed E-state index contributed by atoms with van der Waals surface area (Å²) in [6.07, 6.45) is 0. The van der Waals surface area contributed by atoms with E-state index in [1.165, 1.54) is 0 Å². The normalized spacial score (nSPS) is 15.8. The molecule has 0 spiro atoms. The molecule has 1 amide bonds. The van der Waals surface area contributed by atoms with Crippen molar-refractivity contribution >= 4 is 23.2 Å². The van der Waals surface area contributed by atoms with Gasteiger partial charge in [-0.25, -0.2) is 0 Å². The van der Waals surface area contributed by atoms with Crippen LogP contribution in [0.2, 0.25) is 5.02 Å². The highest BCUT2D eigenvalue weighted by Gasteiger charge is 2.16. The van der Waals surface area contributed by atoms with Gasteiger partial charge in [0.1, 0.15) is 0 Å². The minimum atomic E-state index is -0.503. The first-order chi connectivity index (χ1) is 7.16. The predicted octanol–water partition coefficient (Wildman–Crippen LogP) is 0.823. The maximum absolute atomic E-state index is 10.9. The Balaban J connectivity index is 2.13. The summed E-state index contributed by atoms with van der Waals surface area (Å²) in [5, 5.41) is 6.83. The van der Waals surface area contributed by atoms with Crippen molar-refractivity contribution < 1.29 is 4.79 Å². The number of anilines is 1. The smallest absolute Gasteiger partial charge is 0.250 e. The average Bonchev–Trinajstić information content (AvgIpc) is 2.11. The molecule has 1 fully saturated rings. The fraction of sp³-hybridized carbons (Fsp3) is 0.300. The minimum Gasteiger partial charge on any atom is -0.380 e. The van der Waals surface area contributed by atoms with E-state index < -0.39 is 5.91 Å². The van der Waals surface area contributed by atoms with Crippen molar-refractivity contribution in [3.63, 3.8) is 0 Å². The Morgan fingerprint density at radius 2 is 2.27 bits per heavy atom. The SMILES string of the molecule is NC(=O)c1ccc(NC2CNC2)cc1Cl. The van der Waals surface area contributed by atoms with Gasteiger partial charge in [-0.1, -0.05) is 11.6 Å². The molecule has 80 valence electrons. The number of halogens is 1. The zero-order valence-corrected chi connectivity index (χ0v) is 8.84. The van der Waals surface area contributed by atoms with E-state index in [2.05, 4.69) is 10.6 Å². The van der Waals surface area contributed by atoms with Crippen molar-refractivity contribution in [1.29, 1.82) is 0 Å². The van der Waals surface area contributed by atoms with Crippen molar-refractivity contribution in [2.75, 3.05) is 18.4 Å². The van der Waals surface area contributed by atoms with Crippen LogP contribution < -0.4 is 16.4 Å². The molecule has 0 saturated carbocycles. The number of hydrogen-bond acceptors (Lipinski definition) is 3. The van der Waals surface area contributed by atoms with Gasteiger partial charge in [0.15, 0.2) is 0 Å². The van der Waals surface area contributed by atoms with Crippen LogP contribution in [0.25, 0.3) is 0 Å². The second kappa shape index (κ2) is 4.08. The van der Waals surface area contributed by atoms with Crippen molar-refractivity contribution in [2.24, 2.45) is 5.73 Å². The van der Waals surface area contributed by atoms with Crippen molar-refractivity contribution in [3.8, 4) is 0 Å². The van der Waals surface area contributed by atoms with E-state index in [0.717, 1.165) is 18.8 Å². The Bertz CT molecular complexity index is 390. The van der Waals surface area contributed by atoms with Crippen LogP contribution in [0.15, 0.2) is 18.2 Å². The molecule has 1 aliphatic rings. The molecule has 15 heavy (non-hydrogen) atoms. The molecule has 0 radical (unpaired) electrons. The number of primary amides is 1. The molecule has 1 aromatic rings. The highest BCUT2D eigenvalue weighted by atomic mass is 35.5. The number of nitrogens with one attached hydrogen (secondary N) is 2. The zero-order valence-electron chi connectivity index (χ0n) is 8.09. The Labute approximate surface area is 92.8 Å². The molecule has 1 saturated heterocycles. The summed E-state index contributed by atoms with van der Waals surface area (Å²) in [5.41, 5.74) is 6.42. The molecule has 4 N–H and O–H groups in total. The third-order valence-electron chi connectivity index (χ3n) is 2.39. The molecule has 0 aliphatic carbocycles. The number of rotatable bonds is 3. The fourth-order valence-electron chi connectivity index (χ4n) is 1.43. The lowest BCUT2D eigenvalue weighted by Gasteiger charge is -2.29. The first kappa shape index (κ1) is 10.3. The third-order valence-corrected chi connectivity index (χ3v) is 2.70. The second-order valence-electron chi connectivity index (χ2n) is 3.56. The Morgan fingerprint density at radius 1 is 1.53 bits per heavy atom. The summed E-state index contributed by atoms with van der Waals surface area (Å²) < 4.78 is 0. The van der Waals surface area contributed by atoms with Crippen LogP contribution in [0.5, 0.6) is 0 Å².